The van der Waals surface area contributed by atoms with Crippen molar-refractivity contribution < 1.29 is 0 Å². The minimum absolute atomic E-state index is 0.611. The second kappa shape index (κ2) is 5.96. The van der Waals surface area contributed by atoms with Crippen LogP contribution in [-0.4, -0.2) is 0 Å². The first-order chi connectivity index (χ1) is 5.33. The first kappa shape index (κ1) is 10.2. The molecule has 0 spiro atoms. The Balaban J connectivity index is 0.000000461. The van der Waals surface area contributed by atoms with Gasteiger partial charge in [-0.2, -0.15) is 0 Å². The molecule has 0 amide bonds. The van der Waals surface area contributed by atoms with Crippen molar-refractivity contribution in [2.75, 3.05) is 0 Å². The summed E-state index contributed by atoms with van der Waals surface area (Å²) in [6, 6.07) is 7.98. The van der Waals surface area contributed by atoms with Crippen LogP contribution in [0.25, 0.3) is 0 Å². The van der Waals surface area contributed by atoms with Crippen LogP contribution >= 0.6 is 15.9 Å². The molecule has 1 rings (SSSR count). The van der Waals surface area contributed by atoms with Crippen LogP contribution in [0.1, 0.15) is 5.56 Å². The number of terminal acetylenes is 1. The molecule has 0 atom stereocenters. The van der Waals surface area contributed by atoms with Gasteiger partial charge >= 0.3 is 0 Å². The Morgan fingerprint density at radius 1 is 1.36 bits per heavy atom. The highest BCUT2D eigenvalue weighted by Crippen LogP contribution is 2.10. The number of hydrogen-bond acceptors (Lipinski definition) is 1. The molecular weight excluding hydrogens is 202 g/mol. The molecule has 0 saturated heterocycles. The van der Waals surface area contributed by atoms with Crippen molar-refractivity contribution in [3.05, 3.63) is 34.3 Å². The lowest BCUT2D eigenvalue weighted by molar-refractivity contribution is 1.07. The van der Waals surface area contributed by atoms with Crippen LogP contribution in [0, 0.1) is 12.8 Å². The van der Waals surface area contributed by atoms with Gasteiger partial charge in [0.15, 0.2) is 0 Å². The van der Waals surface area contributed by atoms with Crippen molar-refractivity contribution >= 4 is 15.9 Å². The Hall–Kier alpha value is -0.780. The molecule has 0 unspecified atom stereocenters. The molecule has 1 aromatic carbocycles. The second-order valence-corrected chi connectivity index (χ2v) is 2.75. The van der Waals surface area contributed by atoms with E-state index in [0.29, 0.717) is 6.54 Å². The Labute approximate surface area is 75.7 Å². The van der Waals surface area contributed by atoms with E-state index in [1.807, 2.05) is 24.3 Å². The summed E-state index contributed by atoms with van der Waals surface area (Å²) < 4.78 is 1.09. The molecule has 0 saturated carbocycles. The molecule has 11 heavy (non-hydrogen) atoms. The van der Waals surface area contributed by atoms with E-state index in [1.165, 1.54) is 0 Å². The number of rotatable bonds is 1. The summed E-state index contributed by atoms with van der Waals surface area (Å²) in [6.07, 6.45) is 8.00. The highest BCUT2D eigenvalue weighted by Gasteiger charge is 1.87. The van der Waals surface area contributed by atoms with Crippen LogP contribution in [-0.2, 0) is 6.54 Å². The van der Waals surface area contributed by atoms with E-state index in [1.54, 1.807) is 0 Å². The van der Waals surface area contributed by atoms with Crippen molar-refractivity contribution in [3.8, 4) is 12.8 Å². The van der Waals surface area contributed by atoms with Gasteiger partial charge in [0.1, 0.15) is 0 Å². The highest BCUT2D eigenvalue weighted by atomic mass is 79.9. The second-order valence-electron chi connectivity index (χ2n) is 1.83. The maximum atomic E-state index is 5.40. The van der Waals surface area contributed by atoms with Gasteiger partial charge in [-0.15, -0.1) is 12.8 Å². The summed E-state index contributed by atoms with van der Waals surface area (Å²) in [5, 5.41) is 0. The van der Waals surface area contributed by atoms with Crippen LogP contribution in [0.5, 0.6) is 0 Å². The van der Waals surface area contributed by atoms with Gasteiger partial charge in [0.25, 0.3) is 0 Å². The number of nitrogens with two attached hydrogens (primary N) is 1. The Kier molecular flexibility index (Phi) is 5.54. The van der Waals surface area contributed by atoms with Crippen molar-refractivity contribution in [3.63, 3.8) is 0 Å². The predicted molar refractivity (Wildman–Crippen MR) is 51.9 cm³/mol. The smallest absolute Gasteiger partial charge is 0.0178 e. The fraction of sp³-hybridized carbons (Fsp3) is 0.111. The Morgan fingerprint density at radius 3 is 2.36 bits per heavy atom. The quantitative estimate of drug-likeness (QED) is 0.709. The molecule has 0 fully saturated rings. The molecule has 0 heterocycles. The number of hydrogen-bond donors (Lipinski definition) is 1. The van der Waals surface area contributed by atoms with Gasteiger partial charge < -0.3 is 5.73 Å². The van der Waals surface area contributed by atoms with Gasteiger partial charge in [-0.05, 0) is 17.7 Å². The molecule has 2 N–H and O–H groups in total. The SMILES string of the molecule is C#C.NCc1cccc(Br)c1. The molecule has 0 aliphatic carbocycles. The lowest BCUT2D eigenvalue weighted by Crippen LogP contribution is -1.94. The van der Waals surface area contributed by atoms with Crippen molar-refractivity contribution in [1.82, 2.24) is 0 Å². The molecule has 0 aliphatic heterocycles. The highest BCUT2D eigenvalue weighted by molar-refractivity contribution is 9.10. The van der Waals surface area contributed by atoms with E-state index >= 15 is 0 Å². The fourth-order valence-corrected chi connectivity index (χ4v) is 1.11. The zero-order chi connectivity index (χ0) is 8.69. The zero-order valence-electron chi connectivity index (χ0n) is 6.13. The van der Waals surface area contributed by atoms with Crippen molar-refractivity contribution in [2.45, 2.75) is 6.54 Å². The summed E-state index contributed by atoms with van der Waals surface area (Å²) >= 11 is 3.35. The minimum Gasteiger partial charge on any atom is -0.326 e. The largest absolute Gasteiger partial charge is 0.326 e. The maximum Gasteiger partial charge on any atom is 0.0178 e. The van der Waals surface area contributed by atoms with Crippen molar-refractivity contribution in [2.24, 2.45) is 5.73 Å². The topological polar surface area (TPSA) is 26.0 Å². The lowest BCUT2D eigenvalue weighted by atomic mass is 10.2. The summed E-state index contributed by atoms with van der Waals surface area (Å²) in [7, 11) is 0. The third-order valence-corrected chi connectivity index (χ3v) is 1.62. The third-order valence-electron chi connectivity index (χ3n) is 1.12. The molecule has 0 bridgehead atoms. The van der Waals surface area contributed by atoms with Crippen LogP contribution < -0.4 is 5.73 Å². The van der Waals surface area contributed by atoms with Gasteiger partial charge in [-0.3, -0.25) is 0 Å². The predicted octanol–water partition coefficient (Wildman–Crippen LogP) is 2.16. The van der Waals surface area contributed by atoms with E-state index in [2.05, 4.69) is 28.8 Å². The molecule has 58 valence electrons. The molecule has 0 aromatic heterocycles. The lowest BCUT2D eigenvalue weighted by Gasteiger charge is -1.94. The Bertz CT molecular complexity index is 230. The summed E-state index contributed by atoms with van der Waals surface area (Å²) in [5.41, 5.74) is 6.55. The normalized spacial score (nSPS) is 8.00. The molecule has 0 aliphatic rings. The van der Waals surface area contributed by atoms with E-state index in [0.717, 1.165) is 10.0 Å². The third kappa shape index (κ3) is 3.82. The number of benzene rings is 1. The molecule has 1 aromatic rings. The van der Waals surface area contributed by atoms with Gasteiger partial charge in [-0.25, -0.2) is 0 Å². The first-order valence-corrected chi connectivity index (χ1v) is 3.90. The zero-order valence-corrected chi connectivity index (χ0v) is 7.71. The van der Waals surface area contributed by atoms with E-state index in [9.17, 15) is 0 Å². The molecule has 0 radical (unpaired) electrons. The van der Waals surface area contributed by atoms with Crippen LogP contribution in [0.4, 0.5) is 0 Å². The molecule has 1 nitrogen and oxygen atoms in total. The maximum absolute atomic E-state index is 5.40. The van der Waals surface area contributed by atoms with Gasteiger partial charge in [0, 0.05) is 11.0 Å². The van der Waals surface area contributed by atoms with Gasteiger partial charge in [-0.1, -0.05) is 28.1 Å². The molecule has 2 heteroatoms. The first-order valence-electron chi connectivity index (χ1n) is 3.11. The van der Waals surface area contributed by atoms with E-state index < -0.39 is 0 Å². The summed E-state index contributed by atoms with van der Waals surface area (Å²) in [6.45, 7) is 0.611. The summed E-state index contributed by atoms with van der Waals surface area (Å²) in [4.78, 5) is 0. The number of halogens is 1. The fourth-order valence-electron chi connectivity index (χ4n) is 0.664. The van der Waals surface area contributed by atoms with Crippen molar-refractivity contribution in [1.29, 1.82) is 0 Å². The minimum atomic E-state index is 0.611. The average Bonchev–Trinajstić information content (AvgIpc) is 2.08. The van der Waals surface area contributed by atoms with E-state index in [-0.39, 0.29) is 0 Å². The van der Waals surface area contributed by atoms with Gasteiger partial charge in [0.2, 0.25) is 0 Å². The van der Waals surface area contributed by atoms with Crippen LogP contribution in [0.15, 0.2) is 28.7 Å². The van der Waals surface area contributed by atoms with E-state index in [4.69, 9.17) is 5.73 Å². The van der Waals surface area contributed by atoms with Crippen LogP contribution in [0.3, 0.4) is 0 Å². The summed E-state index contributed by atoms with van der Waals surface area (Å²) in [5.74, 6) is 0. The van der Waals surface area contributed by atoms with Crippen LogP contribution in [0.2, 0.25) is 0 Å². The Morgan fingerprint density at radius 2 is 2.00 bits per heavy atom. The average molecular weight is 212 g/mol. The standard InChI is InChI=1S/C7H8BrN.C2H2/c8-7-3-1-2-6(4-7)5-9;1-2/h1-4H,5,9H2;1-2H. The van der Waals surface area contributed by atoms with Gasteiger partial charge in [0.05, 0.1) is 0 Å². The molecular formula is C9H10BrN. The monoisotopic (exact) mass is 211 g/mol.